The van der Waals surface area contributed by atoms with Crippen LogP contribution < -0.4 is 19.8 Å². The van der Waals surface area contributed by atoms with Crippen molar-refractivity contribution in [2.45, 2.75) is 33.3 Å². The smallest absolute Gasteiger partial charge is 0.271 e. The number of carbonyl (C=O) groups is 2. The van der Waals surface area contributed by atoms with Crippen LogP contribution >= 0.6 is 0 Å². The molecule has 0 saturated heterocycles. The highest BCUT2D eigenvalue weighted by atomic mass is 16.5. The highest BCUT2D eigenvalue weighted by Crippen LogP contribution is 2.31. The van der Waals surface area contributed by atoms with Gasteiger partial charge in [-0.15, -0.1) is 0 Å². The van der Waals surface area contributed by atoms with Crippen LogP contribution in [0.4, 0.5) is 11.4 Å². The minimum absolute atomic E-state index is 0.138. The van der Waals surface area contributed by atoms with Crippen LogP contribution in [0.1, 0.15) is 29.5 Å². The van der Waals surface area contributed by atoms with Gasteiger partial charge < -0.3 is 14.8 Å². The number of hydrogen-bond acceptors (Lipinski definition) is 6. The predicted octanol–water partition coefficient (Wildman–Crippen LogP) is 4.41. The lowest BCUT2D eigenvalue weighted by molar-refractivity contribution is -0.118. The predicted molar refractivity (Wildman–Crippen MR) is 130 cm³/mol. The van der Waals surface area contributed by atoms with Crippen molar-refractivity contribution in [1.82, 2.24) is 4.98 Å². The highest BCUT2D eigenvalue weighted by Gasteiger charge is 2.26. The van der Waals surface area contributed by atoms with Gasteiger partial charge >= 0.3 is 0 Å². The second kappa shape index (κ2) is 10.2. The molecule has 34 heavy (non-hydrogen) atoms. The van der Waals surface area contributed by atoms with Gasteiger partial charge in [0.15, 0.2) is 11.5 Å². The van der Waals surface area contributed by atoms with Gasteiger partial charge in [-0.3, -0.25) is 14.6 Å². The molecule has 1 aromatic heterocycles. The number of aromatic nitrogens is 1. The molecule has 0 atom stereocenters. The maximum Gasteiger partial charge on any atom is 0.271 e. The van der Waals surface area contributed by atoms with Crippen LogP contribution in [-0.2, 0) is 16.2 Å². The van der Waals surface area contributed by atoms with E-state index in [2.05, 4.69) is 15.4 Å². The van der Waals surface area contributed by atoms with E-state index in [1.165, 1.54) is 5.01 Å². The van der Waals surface area contributed by atoms with Gasteiger partial charge in [0.25, 0.3) is 5.91 Å². The average molecular weight is 459 g/mol. The Kier molecular flexibility index (Phi) is 6.87. The van der Waals surface area contributed by atoms with Crippen molar-refractivity contribution >= 4 is 28.9 Å². The zero-order chi connectivity index (χ0) is 24.1. The molecule has 8 heteroatoms. The van der Waals surface area contributed by atoms with Crippen LogP contribution in [0.2, 0.25) is 0 Å². The number of nitrogens with one attached hydrogen (secondary N) is 1. The maximum absolute atomic E-state index is 13.0. The van der Waals surface area contributed by atoms with Gasteiger partial charge in [-0.25, -0.2) is 5.01 Å². The zero-order valence-corrected chi connectivity index (χ0v) is 19.4. The number of pyridine rings is 1. The largest absolute Gasteiger partial charge is 0.493 e. The standard InChI is InChI=1S/C26H26N4O4/c1-17-6-7-18(2)22(13-17)30-25(31)11-9-21(29-30)26(32)28-20-8-10-23(33-3)24(14-20)34-16-19-5-4-12-27-15-19/h4-8,10,12-15H,9,11,16H2,1-3H3,(H,28,32). The fourth-order valence-electron chi connectivity index (χ4n) is 3.57. The Morgan fingerprint density at radius 3 is 2.71 bits per heavy atom. The van der Waals surface area contributed by atoms with Crippen molar-refractivity contribution in [3.63, 3.8) is 0 Å². The van der Waals surface area contributed by atoms with E-state index in [-0.39, 0.29) is 30.4 Å². The molecule has 1 aliphatic heterocycles. The van der Waals surface area contributed by atoms with E-state index < -0.39 is 0 Å². The summed E-state index contributed by atoms with van der Waals surface area (Å²) in [5.41, 5.74) is 4.34. The number of benzene rings is 2. The first kappa shape index (κ1) is 23.0. The Morgan fingerprint density at radius 1 is 1.09 bits per heavy atom. The molecule has 2 amide bonds. The van der Waals surface area contributed by atoms with Crippen LogP contribution in [0.3, 0.4) is 0 Å². The summed E-state index contributed by atoms with van der Waals surface area (Å²) in [6.45, 7) is 4.17. The van der Waals surface area contributed by atoms with Crippen LogP contribution in [0, 0.1) is 13.8 Å². The Labute approximate surface area is 198 Å². The lowest BCUT2D eigenvalue weighted by atomic mass is 10.1. The average Bonchev–Trinajstić information content (AvgIpc) is 2.85. The molecule has 3 aromatic rings. The Bertz CT molecular complexity index is 1240. The molecule has 0 fully saturated rings. The number of hydrogen-bond donors (Lipinski definition) is 1. The van der Waals surface area contributed by atoms with Crippen LogP contribution in [0.5, 0.6) is 11.5 Å². The van der Waals surface area contributed by atoms with Gasteiger partial charge in [-0.05, 0) is 49.2 Å². The summed E-state index contributed by atoms with van der Waals surface area (Å²) in [5, 5.41) is 8.58. The molecule has 0 spiro atoms. The van der Waals surface area contributed by atoms with Gasteiger partial charge in [-0.2, -0.15) is 5.10 Å². The first-order chi connectivity index (χ1) is 16.4. The normalized spacial score (nSPS) is 13.3. The summed E-state index contributed by atoms with van der Waals surface area (Å²) in [4.78, 5) is 29.6. The van der Waals surface area contributed by atoms with E-state index in [1.807, 2.05) is 44.2 Å². The number of aryl methyl sites for hydroxylation is 2. The van der Waals surface area contributed by atoms with E-state index in [1.54, 1.807) is 37.7 Å². The highest BCUT2D eigenvalue weighted by molar-refractivity contribution is 6.44. The van der Waals surface area contributed by atoms with Crippen molar-refractivity contribution in [3.8, 4) is 11.5 Å². The molecule has 1 N–H and O–H groups in total. The van der Waals surface area contributed by atoms with Gasteiger partial charge in [0.1, 0.15) is 12.3 Å². The quantitative estimate of drug-likeness (QED) is 0.566. The molecule has 2 heterocycles. The summed E-state index contributed by atoms with van der Waals surface area (Å²) < 4.78 is 11.3. The molecular weight excluding hydrogens is 432 g/mol. The first-order valence-electron chi connectivity index (χ1n) is 10.9. The second-order valence-corrected chi connectivity index (χ2v) is 8.01. The molecule has 2 aromatic carbocycles. The number of hydrazone groups is 1. The van der Waals surface area contributed by atoms with Crippen molar-refractivity contribution in [2.75, 3.05) is 17.4 Å². The molecule has 0 unspecified atom stereocenters. The molecule has 0 bridgehead atoms. The topological polar surface area (TPSA) is 93.1 Å². The third-order valence-electron chi connectivity index (χ3n) is 5.43. The minimum Gasteiger partial charge on any atom is -0.493 e. The Hall–Kier alpha value is -4.20. The fourth-order valence-corrected chi connectivity index (χ4v) is 3.57. The van der Waals surface area contributed by atoms with E-state index >= 15 is 0 Å². The molecule has 0 aliphatic carbocycles. The van der Waals surface area contributed by atoms with Crippen LogP contribution in [-0.4, -0.2) is 29.6 Å². The summed E-state index contributed by atoms with van der Waals surface area (Å²) in [7, 11) is 1.56. The van der Waals surface area contributed by atoms with Crippen molar-refractivity contribution in [2.24, 2.45) is 5.10 Å². The van der Waals surface area contributed by atoms with E-state index in [9.17, 15) is 9.59 Å². The molecule has 0 radical (unpaired) electrons. The summed E-state index contributed by atoms with van der Waals surface area (Å²) >= 11 is 0. The maximum atomic E-state index is 13.0. The van der Waals surface area contributed by atoms with E-state index in [0.29, 0.717) is 29.5 Å². The molecule has 1 aliphatic rings. The van der Waals surface area contributed by atoms with Gasteiger partial charge in [0.05, 0.1) is 12.8 Å². The van der Waals surface area contributed by atoms with Crippen LogP contribution in [0.25, 0.3) is 0 Å². The van der Waals surface area contributed by atoms with E-state index in [4.69, 9.17) is 9.47 Å². The third kappa shape index (κ3) is 5.23. The Balaban J connectivity index is 1.52. The molecule has 8 nitrogen and oxygen atoms in total. The molecule has 0 saturated carbocycles. The number of anilines is 2. The number of rotatable bonds is 7. The third-order valence-corrected chi connectivity index (χ3v) is 5.43. The monoisotopic (exact) mass is 458 g/mol. The molecular formula is C26H26N4O4. The lowest BCUT2D eigenvalue weighted by Crippen LogP contribution is -2.36. The minimum atomic E-state index is -0.369. The van der Waals surface area contributed by atoms with Gasteiger partial charge in [-0.1, -0.05) is 18.2 Å². The first-order valence-corrected chi connectivity index (χ1v) is 10.9. The lowest BCUT2D eigenvalue weighted by Gasteiger charge is -2.25. The number of amides is 2. The number of methoxy groups -OCH3 is 1. The fraction of sp³-hybridized carbons (Fsp3) is 0.231. The summed E-state index contributed by atoms with van der Waals surface area (Å²) in [6.07, 6.45) is 3.90. The number of ether oxygens (including phenoxy) is 2. The number of carbonyl (C=O) groups excluding carboxylic acids is 2. The van der Waals surface area contributed by atoms with Crippen molar-refractivity contribution in [3.05, 3.63) is 77.6 Å². The molecule has 4 rings (SSSR count). The van der Waals surface area contributed by atoms with Crippen molar-refractivity contribution < 1.29 is 19.1 Å². The van der Waals surface area contributed by atoms with Crippen LogP contribution in [0.15, 0.2) is 66.0 Å². The van der Waals surface area contributed by atoms with E-state index in [0.717, 1.165) is 16.7 Å². The summed E-state index contributed by atoms with van der Waals surface area (Å²) in [5.74, 6) is 0.525. The SMILES string of the molecule is COc1ccc(NC(=O)C2=NN(c3cc(C)ccc3C)C(=O)CC2)cc1OCc1cccnc1. The van der Waals surface area contributed by atoms with Gasteiger partial charge in [0, 0.05) is 42.6 Å². The van der Waals surface area contributed by atoms with Gasteiger partial charge in [0.2, 0.25) is 5.91 Å². The second-order valence-electron chi connectivity index (χ2n) is 8.01. The zero-order valence-electron chi connectivity index (χ0n) is 19.4. The number of nitrogens with zero attached hydrogens (tertiary/aromatic N) is 3. The summed E-state index contributed by atoms with van der Waals surface area (Å²) in [6, 6.07) is 14.7. The Morgan fingerprint density at radius 2 is 1.94 bits per heavy atom. The van der Waals surface area contributed by atoms with Crippen molar-refractivity contribution in [1.29, 1.82) is 0 Å². The molecule has 174 valence electrons.